The molecule has 1 aliphatic rings. The molecular formula is C16H18N2S. The van der Waals surface area contributed by atoms with Gasteiger partial charge < -0.3 is 0 Å². The van der Waals surface area contributed by atoms with E-state index in [1.807, 2.05) is 36.6 Å². The highest BCUT2D eigenvalue weighted by atomic mass is 32.2. The summed E-state index contributed by atoms with van der Waals surface area (Å²) in [6.07, 6.45) is 3.92. The van der Waals surface area contributed by atoms with Gasteiger partial charge in [0.1, 0.15) is 4.75 Å². The van der Waals surface area contributed by atoms with Crippen molar-refractivity contribution >= 4 is 11.8 Å². The van der Waals surface area contributed by atoms with Crippen LogP contribution in [0.5, 0.6) is 0 Å². The summed E-state index contributed by atoms with van der Waals surface area (Å²) in [5.41, 5.74) is 1.06. The van der Waals surface area contributed by atoms with Gasteiger partial charge in [-0.15, -0.1) is 11.8 Å². The van der Waals surface area contributed by atoms with E-state index in [4.69, 9.17) is 0 Å². The van der Waals surface area contributed by atoms with Crippen molar-refractivity contribution in [3.63, 3.8) is 0 Å². The monoisotopic (exact) mass is 270 g/mol. The molecule has 0 amide bonds. The smallest absolute Gasteiger partial charge is 0.104 e. The molecule has 0 unspecified atom stereocenters. The second kappa shape index (κ2) is 6.66. The Morgan fingerprint density at radius 3 is 2.53 bits per heavy atom. The molecule has 1 aliphatic heterocycles. The first-order valence-corrected chi connectivity index (χ1v) is 7.73. The SMILES string of the molecule is CSC1(C#N)CCN(CC#Cc2ccccc2)CC1. The van der Waals surface area contributed by atoms with E-state index in [-0.39, 0.29) is 4.75 Å². The maximum absolute atomic E-state index is 9.24. The number of hydrogen-bond acceptors (Lipinski definition) is 3. The Bertz CT molecular complexity index is 499. The fourth-order valence-corrected chi connectivity index (χ4v) is 2.89. The summed E-state index contributed by atoms with van der Waals surface area (Å²) in [5.74, 6) is 6.40. The first kappa shape index (κ1) is 14.0. The number of piperidine rings is 1. The van der Waals surface area contributed by atoms with Crippen LogP contribution in [0.25, 0.3) is 0 Å². The van der Waals surface area contributed by atoms with Gasteiger partial charge in [0.2, 0.25) is 0 Å². The summed E-state index contributed by atoms with van der Waals surface area (Å²) in [4.78, 5) is 2.34. The van der Waals surface area contributed by atoms with Gasteiger partial charge in [0.05, 0.1) is 12.6 Å². The molecule has 0 atom stereocenters. The highest BCUT2D eigenvalue weighted by Gasteiger charge is 2.33. The third-order valence-corrected chi connectivity index (χ3v) is 4.85. The minimum Gasteiger partial charge on any atom is -0.292 e. The Labute approximate surface area is 119 Å². The Hall–Kier alpha value is -1.42. The van der Waals surface area contributed by atoms with Gasteiger partial charge in [0.25, 0.3) is 0 Å². The van der Waals surface area contributed by atoms with Crippen molar-refractivity contribution in [1.29, 1.82) is 5.26 Å². The number of thioether (sulfide) groups is 1. The van der Waals surface area contributed by atoms with Gasteiger partial charge in [-0.25, -0.2) is 0 Å². The van der Waals surface area contributed by atoms with Crippen LogP contribution in [0, 0.1) is 23.2 Å². The Morgan fingerprint density at radius 1 is 1.26 bits per heavy atom. The van der Waals surface area contributed by atoms with Gasteiger partial charge in [-0.3, -0.25) is 4.90 Å². The topological polar surface area (TPSA) is 27.0 Å². The number of rotatable bonds is 2. The van der Waals surface area contributed by atoms with E-state index in [9.17, 15) is 5.26 Å². The van der Waals surface area contributed by atoms with Crippen LogP contribution in [0.4, 0.5) is 0 Å². The van der Waals surface area contributed by atoms with Crippen molar-refractivity contribution in [3.8, 4) is 17.9 Å². The minimum absolute atomic E-state index is 0.163. The molecule has 19 heavy (non-hydrogen) atoms. The molecule has 2 rings (SSSR count). The fraction of sp³-hybridized carbons (Fsp3) is 0.438. The van der Waals surface area contributed by atoms with Gasteiger partial charge in [-0.2, -0.15) is 5.26 Å². The zero-order chi connectivity index (χ0) is 13.6. The van der Waals surface area contributed by atoms with Crippen LogP contribution in [0.2, 0.25) is 0 Å². The molecule has 1 aromatic rings. The molecule has 1 aromatic carbocycles. The van der Waals surface area contributed by atoms with Gasteiger partial charge in [0, 0.05) is 18.7 Å². The van der Waals surface area contributed by atoms with E-state index in [0.29, 0.717) is 0 Å². The summed E-state index contributed by atoms with van der Waals surface area (Å²) in [7, 11) is 0. The maximum atomic E-state index is 9.24. The molecule has 0 saturated carbocycles. The number of nitrogens with zero attached hydrogens (tertiary/aromatic N) is 2. The predicted molar refractivity (Wildman–Crippen MR) is 80.9 cm³/mol. The molecule has 1 fully saturated rings. The van der Waals surface area contributed by atoms with Crippen LogP contribution in [0.3, 0.4) is 0 Å². The lowest BCUT2D eigenvalue weighted by atomic mass is 9.97. The van der Waals surface area contributed by atoms with Crippen LogP contribution in [-0.4, -0.2) is 35.5 Å². The highest BCUT2D eigenvalue weighted by Crippen LogP contribution is 2.33. The molecule has 98 valence electrons. The van der Waals surface area contributed by atoms with Crippen molar-refractivity contribution < 1.29 is 0 Å². The summed E-state index contributed by atoms with van der Waals surface area (Å²) in [5, 5.41) is 9.24. The minimum atomic E-state index is -0.163. The second-order valence-corrected chi connectivity index (χ2v) is 5.94. The molecule has 3 heteroatoms. The van der Waals surface area contributed by atoms with Crippen molar-refractivity contribution in [3.05, 3.63) is 35.9 Å². The first-order valence-electron chi connectivity index (χ1n) is 6.51. The van der Waals surface area contributed by atoms with Gasteiger partial charge in [-0.05, 0) is 31.2 Å². The number of benzene rings is 1. The number of nitriles is 1. The van der Waals surface area contributed by atoms with E-state index >= 15 is 0 Å². The summed E-state index contributed by atoms with van der Waals surface area (Å²) < 4.78 is -0.163. The quantitative estimate of drug-likeness (QED) is 0.773. The largest absolute Gasteiger partial charge is 0.292 e. The first-order chi connectivity index (χ1) is 9.28. The normalized spacial score (nSPS) is 18.1. The van der Waals surface area contributed by atoms with Crippen molar-refractivity contribution in [1.82, 2.24) is 4.90 Å². The summed E-state index contributed by atoms with van der Waals surface area (Å²) in [6.45, 7) is 2.74. The predicted octanol–water partition coefficient (Wildman–Crippen LogP) is 2.76. The Balaban J connectivity index is 1.84. The zero-order valence-electron chi connectivity index (χ0n) is 11.2. The van der Waals surface area contributed by atoms with Crippen LogP contribution in [-0.2, 0) is 0 Å². The summed E-state index contributed by atoms with van der Waals surface area (Å²) in [6, 6.07) is 12.5. The van der Waals surface area contributed by atoms with Crippen LogP contribution >= 0.6 is 11.8 Å². The molecule has 0 aromatic heterocycles. The molecular weight excluding hydrogens is 252 g/mol. The summed E-state index contributed by atoms with van der Waals surface area (Å²) >= 11 is 1.69. The molecule has 1 heterocycles. The molecule has 1 saturated heterocycles. The average molecular weight is 270 g/mol. The molecule has 0 aliphatic carbocycles. The van der Waals surface area contributed by atoms with E-state index in [1.54, 1.807) is 11.8 Å². The highest BCUT2D eigenvalue weighted by molar-refractivity contribution is 8.00. The van der Waals surface area contributed by atoms with E-state index in [2.05, 4.69) is 22.8 Å². The molecule has 0 radical (unpaired) electrons. The molecule has 0 spiro atoms. The van der Waals surface area contributed by atoms with E-state index < -0.39 is 0 Å². The standard InChI is InChI=1S/C16H18N2S/c1-19-16(14-17)9-12-18(13-10-16)11-5-8-15-6-3-2-4-7-15/h2-4,6-7H,9-13H2,1H3. The lowest BCUT2D eigenvalue weighted by molar-refractivity contribution is 0.241. The maximum Gasteiger partial charge on any atom is 0.104 e. The van der Waals surface area contributed by atoms with Gasteiger partial charge in [0.15, 0.2) is 0 Å². The number of likely N-dealkylation sites (tertiary alicyclic amines) is 1. The third-order valence-electron chi connectivity index (χ3n) is 3.57. The number of hydrogen-bond donors (Lipinski definition) is 0. The van der Waals surface area contributed by atoms with Crippen molar-refractivity contribution in [2.75, 3.05) is 25.9 Å². The van der Waals surface area contributed by atoms with Crippen LogP contribution in [0.1, 0.15) is 18.4 Å². The lowest BCUT2D eigenvalue weighted by Gasteiger charge is -2.35. The van der Waals surface area contributed by atoms with Crippen LogP contribution < -0.4 is 0 Å². The van der Waals surface area contributed by atoms with Crippen LogP contribution in [0.15, 0.2) is 30.3 Å². The lowest BCUT2D eigenvalue weighted by Crippen LogP contribution is -2.41. The van der Waals surface area contributed by atoms with Gasteiger partial charge in [-0.1, -0.05) is 30.0 Å². The van der Waals surface area contributed by atoms with Crippen molar-refractivity contribution in [2.45, 2.75) is 17.6 Å². The van der Waals surface area contributed by atoms with Gasteiger partial charge >= 0.3 is 0 Å². The Kier molecular flexibility index (Phi) is 4.91. The fourth-order valence-electron chi connectivity index (χ4n) is 2.21. The van der Waals surface area contributed by atoms with E-state index in [0.717, 1.165) is 38.0 Å². The average Bonchev–Trinajstić information content (AvgIpc) is 2.49. The molecule has 2 nitrogen and oxygen atoms in total. The van der Waals surface area contributed by atoms with Crippen molar-refractivity contribution in [2.24, 2.45) is 0 Å². The molecule has 0 N–H and O–H groups in total. The zero-order valence-corrected chi connectivity index (χ0v) is 12.0. The van der Waals surface area contributed by atoms with E-state index in [1.165, 1.54) is 0 Å². The third kappa shape index (κ3) is 3.77. The molecule has 0 bridgehead atoms. The Morgan fingerprint density at radius 2 is 1.95 bits per heavy atom. The second-order valence-electron chi connectivity index (χ2n) is 4.75.